The Morgan fingerprint density at radius 3 is 2.58 bits per heavy atom. The standard InChI is InChI=1S/C21H13ClN4/c22-21-20-19(24-13-26(20)11-10-23-21)16-7-6-15-8-9-17(25-18(15)12-16)14-4-2-1-3-5-14/h1-13H. The number of fused-ring (bicyclic) bond motifs is 2. The molecule has 0 atom stereocenters. The molecule has 0 saturated heterocycles. The third kappa shape index (κ3) is 2.43. The highest BCUT2D eigenvalue weighted by Crippen LogP contribution is 2.30. The molecule has 5 heteroatoms. The molecule has 0 N–H and O–H groups in total. The number of halogens is 1. The zero-order chi connectivity index (χ0) is 17.5. The van der Waals surface area contributed by atoms with Gasteiger partial charge in [0, 0.05) is 28.9 Å². The molecule has 0 amide bonds. The summed E-state index contributed by atoms with van der Waals surface area (Å²) in [6.07, 6.45) is 5.25. The molecule has 0 bridgehead atoms. The lowest BCUT2D eigenvalue weighted by Crippen LogP contribution is -1.88. The molecule has 3 heterocycles. The van der Waals surface area contributed by atoms with Crippen LogP contribution in [-0.2, 0) is 0 Å². The molecule has 0 fully saturated rings. The molecular formula is C21H13ClN4. The Balaban J connectivity index is 1.69. The van der Waals surface area contributed by atoms with E-state index in [4.69, 9.17) is 16.6 Å². The molecule has 0 aliphatic rings. The Labute approximate surface area is 154 Å². The van der Waals surface area contributed by atoms with Gasteiger partial charge >= 0.3 is 0 Å². The van der Waals surface area contributed by atoms with Gasteiger partial charge in [-0.25, -0.2) is 15.0 Å². The summed E-state index contributed by atoms with van der Waals surface area (Å²) in [4.78, 5) is 13.5. The molecule has 5 rings (SSSR count). The number of imidazole rings is 1. The van der Waals surface area contributed by atoms with Crippen molar-refractivity contribution in [3.05, 3.63) is 84.5 Å². The molecule has 0 radical (unpaired) electrons. The third-order valence-corrected chi connectivity index (χ3v) is 4.72. The molecule has 0 saturated carbocycles. The summed E-state index contributed by atoms with van der Waals surface area (Å²) >= 11 is 6.29. The molecule has 4 nitrogen and oxygen atoms in total. The number of aromatic nitrogens is 4. The second-order valence-electron chi connectivity index (χ2n) is 6.04. The molecule has 0 unspecified atom stereocenters. The van der Waals surface area contributed by atoms with Gasteiger partial charge in [-0.2, -0.15) is 0 Å². The average Bonchev–Trinajstić information content (AvgIpc) is 3.13. The van der Waals surface area contributed by atoms with Gasteiger partial charge < -0.3 is 4.40 Å². The first-order chi connectivity index (χ1) is 12.8. The first kappa shape index (κ1) is 15.0. The van der Waals surface area contributed by atoms with Crippen molar-refractivity contribution >= 4 is 28.0 Å². The van der Waals surface area contributed by atoms with Crippen molar-refractivity contribution in [1.82, 2.24) is 19.4 Å². The van der Waals surface area contributed by atoms with E-state index in [0.717, 1.165) is 38.9 Å². The molecule has 0 aliphatic carbocycles. The monoisotopic (exact) mass is 356 g/mol. The van der Waals surface area contributed by atoms with Crippen LogP contribution in [0.4, 0.5) is 0 Å². The van der Waals surface area contributed by atoms with E-state index in [1.54, 1.807) is 12.5 Å². The Bertz CT molecular complexity index is 1250. The van der Waals surface area contributed by atoms with Crippen LogP contribution in [0, 0.1) is 0 Å². The maximum atomic E-state index is 6.29. The van der Waals surface area contributed by atoms with Crippen molar-refractivity contribution in [3.63, 3.8) is 0 Å². The van der Waals surface area contributed by atoms with Crippen LogP contribution in [0.5, 0.6) is 0 Å². The van der Waals surface area contributed by atoms with Crippen LogP contribution >= 0.6 is 11.6 Å². The van der Waals surface area contributed by atoms with E-state index in [9.17, 15) is 0 Å². The van der Waals surface area contributed by atoms with Gasteiger partial charge in [0.25, 0.3) is 0 Å². The van der Waals surface area contributed by atoms with Gasteiger partial charge in [0.15, 0.2) is 5.15 Å². The highest BCUT2D eigenvalue weighted by atomic mass is 35.5. The summed E-state index contributed by atoms with van der Waals surface area (Å²) in [5, 5.41) is 1.52. The first-order valence-electron chi connectivity index (χ1n) is 8.23. The van der Waals surface area contributed by atoms with E-state index in [0.29, 0.717) is 5.15 Å². The zero-order valence-corrected chi connectivity index (χ0v) is 14.4. The number of hydrogen-bond acceptors (Lipinski definition) is 3. The number of nitrogens with zero attached hydrogens (tertiary/aromatic N) is 4. The minimum atomic E-state index is 0.436. The largest absolute Gasteiger partial charge is 0.301 e. The number of benzene rings is 2. The van der Waals surface area contributed by atoms with Crippen LogP contribution < -0.4 is 0 Å². The first-order valence-corrected chi connectivity index (χ1v) is 8.61. The summed E-state index contributed by atoms with van der Waals surface area (Å²) < 4.78 is 1.88. The molecule has 0 spiro atoms. The summed E-state index contributed by atoms with van der Waals surface area (Å²) in [5.74, 6) is 0. The van der Waals surface area contributed by atoms with Gasteiger partial charge in [0.2, 0.25) is 0 Å². The van der Waals surface area contributed by atoms with Gasteiger partial charge in [-0.05, 0) is 12.1 Å². The number of rotatable bonds is 2. The Morgan fingerprint density at radius 1 is 0.846 bits per heavy atom. The van der Waals surface area contributed by atoms with Crippen molar-refractivity contribution in [1.29, 1.82) is 0 Å². The maximum Gasteiger partial charge on any atom is 0.155 e. The lowest BCUT2D eigenvalue weighted by molar-refractivity contribution is 1.12. The van der Waals surface area contributed by atoms with Crippen molar-refractivity contribution < 1.29 is 0 Å². The molecule has 0 aliphatic heterocycles. The molecule has 3 aromatic heterocycles. The van der Waals surface area contributed by atoms with Crippen molar-refractivity contribution in [3.8, 4) is 22.5 Å². The van der Waals surface area contributed by atoms with Crippen molar-refractivity contribution in [2.45, 2.75) is 0 Å². The Hall–Kier alpha value is -3.24. The fraction of sp³-hybridized carbons (Fsp3) is 0. The van der Waals surface area contributed by atoms with E-state index in [2.05, 4.69) is 34.2 Å². The second kappa shape index (κ2) is 5.93. The van der Waals surface area contributed by atoms with Gasteiger partial charge in [0.05, 0.1) is 16.9 Å². The van der Waals surface area contributed by atoms with Gasteiger partial charge in [-0.3, -0.25) is 0 Å². The number of hydrogen-bond donors (Lipinski definition) is 0. The normalized spacial score (nSPS) is 11.3. The zero-order valence-electron chi connectivity index (χ0n) is 13.7. The predicted octanol–water partition coefficient (Wildman–Crippen LogP) is 5.26. The van der Waals surface area contributed by atoms with E-state index >= 15 is 0 Å². The summed E-state index contributed by atoms with van der Waals surface area (Å²) in [7, 11) is 0. The van der Waals surface area contributed by atoms with Crippen molar-refractivity contribution in [2.75, 3.05) is 0 Å². The fourth-order valence-electron chi connectivity index (χ4n) is 3.16. The van der Waals surface area contributed by atoms with Gasteiger partial charge in [-0.1, -0.05) is 60.1 Å². The Morgan fingerprint density at radius 2 is 1.69 bits per heavy atom. The van der Waals surface area contributed by atoms with E-state index in [1.807, 2.05) is 47.0 Å². The third-order valence-electron chi connectivity index (χ3n) is 4.44. The molecular weight excluding hydrogens is 344 g/mol. The minimum Gasteiger partial charge on any atom is -0.301 e. The molecule has 5 aromatic rings. The molecule has 124 valence electrons. The number of pyridine rings is 1. The minimum absolute atomic E-state index is 0.436. The smallest absolute Gasteiger partial charge is 0.155 e. The maximum absolute atomic E-state index is 6.29. The summed E-state index contributed by atoms with van der Waals surface area (Å²) in [6, 6.07) is 20.4. The molecule has 2 aromatic carbocycles. The van der Waals surface area contributed by atoms with Crippen LogP contribution in [-0.4, -0.2) is 19.4 Å². The highest BCUT2D eigenvalue weighted by molar-refractivity contribution is 6.33. The van der Waals surface area contributed by atoms with Crippen LogP contribution in [0.25, 0.3) is 38.9 Å². The quantitative estimate of drug-likeness (QED) is 0.433. The van der Waals surface area contributed by atoms with E-state index in [1.165, 1.54) is 0 Å². The van der Waals surface area contributed by atoms with Crippen LogP contribution in [0.2, 0.25) is 5.15 Å². The van der Waals surface area contributed by atoms with Gasteiger partial charge in [0.1, 0.15) is 11.8 Å². The lowest BCUT2D eigenvalue weighted by atomic mass is 10.1. The Kier molecular flexibility index (Phi) is 3.43. The SMILES string of the molecule is Clc1nccn2cnc(-c3ccc4ccc(-c5ccccc5)nc4c3)c12. The van der Waals surface area contributed by atoms with Crippen LogP contribution in [0.15, 0.2) is 79.4 Å². The van der Waals surface area contributed by atoms with Crippen LogP contribution in [0.3, 0.4) is 0 Å². The predicted molar refractivity (Wildman–Crippen MR) is 104 cm³/mol. The van der Waals surface area contributed by atoms with E-state index < -0.39 is 0 Å². The highest BCUT2D eigenvalue weighted by Gasteiger charge is 2.12. The topological polar surface area (TPSA) is 43.1 Å². The average molecular weight is 357 g/mol. The van der Waals surface area contributed by atoms with E-state index in [-0.39, 0.29) is 0 Å². The fourth-order valence-corrected chi connectivity index (χ4v) is 3.40. The second-order valence-corrected chi connectivity index (χ2v) is 6.40. The lowest BCUT2D eigenvalue weighted by Gasteiger charge is -2.06. The molecule has 26 heavy (non-hydrogen) atoms. The van der Waals surface area contributed by atoms with Crippen LogP contribution in [0.1, 0.15) is 0 Å². The van der Waals surface area contributed by atoms with Gasteiger partial charge in [-0.15, -0.1) is 0 Å². The summed E-state index contributed by atoms with van der Waals surface area (Å²) in [5.41, 5.74) is 5.53. The summed E-state index contributed by atoms with van der Waals surface area (Å²) in [6.45, 7) is 0. The van der Waals surface area contributed by atoms with Crippen molar-refractivity contribution in [2.24, 2.45) is 0 Å².